The highest BCUT2D eigenvalue weighted by Gasteiger charge is 2.18. The van der Waals surface area contributed by atoms with Crippen LogP contribution < -0.4 is 10.7 Å². The third-order valence-electron chi connectivity index (χ3n) is 3.87. The molecule has 0 fully saturated rings. The van der Waals surface area contributed by atoms with Crippen molar-refractivity contribution in [3.63, 3.8) is 0 Å². The topological polar surface area (TPSA) is 127 Å². The summed E-state index contributed by atoms with van der Waals surface area (Å²) >= 11 is 5.82. The largest absolute Gasteiger partial charge is 0.455 e. The van der Waals surface area contributed by atoms with Crippen molar-refractivity contribution < 1.29 is 18.9 Å². The van der Waals surface area contributed by atoms with Crippen molar-refractivity contribution in [3.8, 4) is 11.3 Å². The van der Waals surface area contributed by atoms with E-state index in [-0.39, 0.29) is 33.7 Å². The number of nitrogens with one attached hydrogen (secondary N) is 2. The number of hydrogen-bond acceptors (Lipinski definition) is 6. The molecular formula is C20H15ClN4O5. The van der Waals surface area contributed by atoms with Gasteiger partial charge in [-0.05, 0) is 48.5 Å². The highest BCUT2D eigenvalue weighted by Crippen LogP contribution is 2.33. The molecule has 1 heterocycles. The number of nitro benzene ring substituents is 1. The monoisotopic (exact) mass is 426 g/mol. The first-order valence-corrected chi connectivity index (χ1v) is 8.96. The van der Waals surface area contributed by atoms with Crippen molar-refractivity contribution in [2.45, 2.75) is 6.92 Å². The molecule has 0 aliphatic heterocycles. The van der Waals surface area contributed by atoms with Crippen molar-refractivity contribution in [2.24, 2.45) is 5.10 Å². The Balaban J connectivity index is 1.67. The molecule has 0 saturated heterocycles. The third-order valence-corrected chi connectivity index (χ3v) is 4.11. The molecule has 152 valence electrons. The number of carbonyl (C=O) groups is 2. The molecule has 1 aromatic heterocycles. The lowest BCUT2D eigenvalue weighted by atomic mass is 10.1. The molecule has 0 aliphatic carbocycles. The molecule has 3 aromatic rings. The van der Waals surface area contributed by atoms with E-state index >= 15 is 0 Å². The van der Waals surface area contributed by atoms with Crippen LogP contribution in [0.5, 0.6) is 0 Å². The van der Waals surface area contributed by atoms with Gasteiger partial charge in [-0.15, -0.1) is 0 Å². The Morgan fingerprint density at radius 1 is 1.13 bits per heavy atom. The summed E-state index contributed by atoms with van der Waals surface area (Å²) in [4.78, 5) is 33.8. The van der Waals surface area contributed by atoms with E-state index in [1.807, 2.05) is 0 Å². The van der Waals surface area contributed by atoms with Crippen LogP contribution >= 0.6 is 11.6 Å². The molecule has 3 rings (SSSR count). The predicted molar refractivity (Wildman–Crippen MR) is 112 cm³/mol. The first-order valence-electron chi connectivity index (χ1n) is 8.58. The van der Waals surface area contributed by atoms with Crippen molar-refractivity contribution in [1.82, 2.24) is 5.43 Å². The van der Waals surface area contributed by atoms with Crippen molar-refractivity contribution in [3.05, 3.63) is 81.1 Å². The van der Waals surface area contributed by atoms with Crippen LogP contribution in [-0.4, -0.2) is 23.0 Å². The Hall–Kier alpha value is -3.98. The minimum absolute atomic E-state index is 0.184. The number of halogens is 1. The first-order chi connectivity index (χ1) is 14.3. The lowest BCUT2D eigenvalue weighted by Crippen LogP contribution is -2.17. The molecule has 2 amide bonds. The van der Waals surface area contributed by atoms with Gasteiger partial charge in [-0.2, -0.15) is 5.10 Å². The number of nitro groups is 1. The van der Waals surface area contributed by atoms with Crippen LogP contribution in [0, 0.1) is 10.1 Å². The highest BCUT2D eigenvalue weighted by molar-refractivity contribution is 6.30. The van der Waals surface area contributed by atoms with Crippen LogP contribution in [0.25, 0.3) is 11.3 Å². The smallest absolute Gasteiger partial charge is 0.281 e. The maximum Gasteiger partial charge on any atom is 0.281 e. The van der Waals surface area contributed by atoms with Gasteiger partial charge in [0.2, 0.25) is 5.91 Å². The zero-order valence-electron chi connectivity index (χ0n) is 15.6. The average molecular weight is 427 g/mol. The fourth-order valence-corrected chi connectivity index (χ4v) is 2.72. The fraction of sp³-hybridized carbons (Fsp3) is 0.0500. The Morgan fingerprint density at radius 3 is 2.53 bits per heavy atom. The lowest BCUT2D eigenvalue weighted by Gasteiger charge is -2.03. The highest BCUT2D eigenvalue weighted by atomic mass is 35.5. The Morgan fingerprint density at radius 2 is 1.87 bits per heavy atom. The summed E-state index contributed by atoms with van der Waals surface area (Å²) in [5, 5.41) is 17.9. The molecule has 0 saturated carbocycles. The molecule has 0 aliphatic rings. The summed E-state index contributed by atoms with van der Waals surface area (Å²) in [5.41, 5.74) is 3.35. The van der Waals surface area contributed by atoms with Gasteiger partial charge < -0.3 is 9.73 Å². The quantitative estimate of drug-likeness (QED) is 0.346. The summed E-state index contributed by atoms with van der Waals surface area (Å²) < 4.78 is 5.55. The maximum atomic E-state index is 12.1. The van der Waals surface area contributed by atoms with Gasteiger partial charge in [-0.1, -0.05) is 11.6 Å². The van der Waals surface area contributed by atoms with Crippen molar-refractivity contribution in [1.29, 1.82) is 0 Å². The van der Waals surface area contributed by atoms with Crippen molar-refractivity contribution >= 4 is 41.0 Å². The van der Waals surface area contributed by atoms with Crippen LogP contribution in [0.1, 0.15) is 23.0 Å². The van der Waals surface area contributed by atoms with Gasteiger partial charge >= 0.3 is 0 Å². The summed E-state index contributed by atoms with van der Waals surface area (Å²) in [6, 6.07) is 13.7. The van der Waals surface area contributed by atoms with Crippen LogP contribution in [0.2, 0.25) is 5.02 Å². The molecule has 0 atom stereocenters. The standard InChI is InChI=1S/C20H15ClN4O5/c1-12(26)23-15-5-2-13(3-6-15)20(27)24-22-11-16-7-9-19(30-16)17-8-4-14(21)10-18(17)25(28)29/h2-11H,1H3,(H,23,26)(H,24,27). The minimum Gasteiger partial charge on any atom is -0.455 e. The number of hydrazone groups is 1. The van der Waals surface area contributed by atoms with E-state index in [0.717, 1.165) is 0 Å². The molecule has 30 heavy (non-hydrogen) atoms. The molecular weight excluding hydrogens is 412 g/mol. The van der Waals surface area contributed by atoms with E-state index in [2.05, 4.69) is 15.8 Å². The van der Waals surface area contributed by atoms with E-state index in [9.17, 15) is 19.7 Å². The Kier molecular flexibility index (Phi) is 6.23. The third kappa shape index (κ3) is 5.09. The number of amides is 2. The molecule has 0 bridgehead atoms. The summed E-state index contributed by atoms with van der Waals surface area (Å²) in [7, 11) is 0. The second-order valence-corrected chi connectivity index (χ2v) is 6.51. The number of carbonyl (C=O) groups excluding carboxylic acids is 2. The van der Waals surface area contributed by atoms with E-state index in [1.54, 1.807) is 36.4 Å². The van der Waals surface area contributed by atoms with Gasteiger partial charge in [-0.25, -0.2) is 5.43 Å². The average Bonchev–Trinajstić information content (AvgIpc) is 3.16. The molecule has 0 unspecified atom stereocenters. The van der Waals surface area contributed by atoms with Crippen LogP contribution in [0.3, 0.4) is 0 Å². The van der Waals surface area contributed by atoms with Crippen LogP contribution in [0.15, 0.2) is 64.1 Å². The lowest BCUT2D eigenvalue weighted by molar-refractivity contribution is -0.384. The van der Waals surface area contributed by atoms with Gasteiger partial charge in [0.25, 0.3) is 11.6 Å². The minimum atomic E-state index is -0.547. The van der Waals surface area contributed by atoms with Crippen molar-refractivity contribution in [2.75, 3.05) is 5.32 Å². The normalized spacial score (nSPS) is 10.7. The Bertz CT molecular complexity index is 1140. The first kappa shape index (κ1) is 20.7. The van der Waals surface area contributed by atoms with Gasteiger partial charge in [0.15, 0.2) is 0 Å². The summed E-state index contributed by atoms with van der Waals surface area (Å²) in [6.45, 7) is 1.39. The van der Waals surface area contributed by atoms with Gasteiger partial charge in [0.1, 0.15) is 11.5 Å². The second kappa shape index (κ2) is 9.01. The zero-order valence-corrected chi connectivity index (χ0v) is 16.3. The van der Waals surface area contributed by atoms with E-state index < -0.39 is 10.8 Å². The van der Waals surface area contributed by atoms with Gasteiger partial charge in [0, 0.05) is 29.3 Å². The zero-order chi connectivity index (χ0) is 21.7. The van der Waals surface area contributed by atoms with E-state index in [0.29, 0.717) is 11.3 Å². The molecule has 0 radical (unpaired) electrons. The predicted octanol–water partition coefficient (Wildman–Crippen LogP) is 4.23. The fourth-order valence-electron chi connectivity index (χ4n) is 2.56. The molecule has 2 N–H and O–H groups in total. The molecule has 10 heteroatoms. The van der Waals surface area contributed by atoms with Crippen LogP contribution in [0.4, 0.5) is 11.4 Å². The maximum absolute atomic E-state index is 12.1. The second-order valence-electron chi connectivity index (χ2n) is 6.08. The van der Waals surface area contributed by atoms with Gasteiger partial charge in [-0.3, -0.25) is 19.7 Å². The molecule has 2 aromatic carbocycles. The Labute approximate surface area is 175 Å². The van der Waals surface area contributed by atoms with Gasteiger partial charge in [0.05, 0.1) is 16.7 Å². The number of hydrogen-bond donors (Lipinski definition) is 2. The summed E-state index contributed by atoms with van der Waals surface area (Å²) in [6.07, 6.45) is 1.27. The number of furan rings is 1. The molecule has 0 spiro atoms. The number of benzene rings is 2. The van der Waals surface area contributed by atoms with E-state index in [4.69, 9.17) is 16.0 Å². The van der Waals surface area contributed by atoms with Crippen LogP contribution in [-0.2, 0) is 4.79 Å². The number of nitrogens with zero attached hydrogens (tertiary/aromatic N) is 2. The number of anilines is 1. The molecule has 9 nitrogen and oxygen atoms in total. The number of rotatable bonds is 6. The van der Waals surface area contributed by atoms with E-state index in [1.165, 1.54) is 31.3 Å². The SMILES string of the molecule is CC(=O)Nc1ccc(C(=O)NN=Cc2ccc(-c3ccc(Cl)cc3[N+](=O)[O-])o2)cc1. The summed E-state index contributed by atoms with van der Waals surface area (Å²) in [5.74, 6) is -0.116.